The minimum absolute atomic E-state index is 0.0703. The molecular weight excluding hydrogens is 404 g/mol. The lowest BCUT2D eigenvalue weighted by molar-refractivity contribution is 0.141. The van der Waals surface area contributed by atoms with Gasteiger partial charge in [0.15, 0.2) is 4.34 Å². The van der Waals surface area contributed by atoms with Crippen LogP contribution < -0.4 is 4.74 Å². The Bertz CT molecular complexity index is 852. The maximum Gasteiger partial charge on any atom is 0.155 e. The van der Waals surface area contributed by atoms with Crippen LogP contribution in [-0.2, 0) is 0 Å². The molecule has 5 nitrogen and oxygen atoms in total. The molecule has 0 spiro atoms. The van der Waals surface area contributed by atoms with Gasteiger partial charge in [-0.25, -0.2) is 4.98 Å². The average molecular weight is 425 g/mol. The number of nitrogens with zero attached hydrogens (tertiary/aromatic N) is 2. The Kier molecular flexibility index (Phi) is 7.75. The SMILES string of the molecule is OCCN(CCO)CCOc1ccc2nc(Sc3ccc(Cl)cc3)sc2c1. The quantitative estimate of drug-likeness (QED) is 0.516. The van der Waals surface area contributed by atoms with Crippen molar-refractivity contribution in [3.8, 4) is 5.75 Å². The lowest BCUT2D eigenvalue weighted by atomic mass is 10.3. The fourth-order valence-corrected chi connectivity index (χ4v) is 4.73. The van der Waals surface area contributed by atoms with Gasteiger partial charge in [0.2, 0.25) is 0 Å². The lowest BCUT2D eigenvalue weighted by Crippen LogP contribution is -2.33. The Balaban J connectivity index is 1.60. The van der Waals surface area contributed by atoms with Gasteiger partial charge in [-0.2, -0.15) is 0 Å². The maximum atomic E-state index is 9.04. The minimum Gasteiger partial charge on any atom is -0.492 e. The predicted octanol–water partition coefficient (Wildman–Crippen LogP) is 3.77. The van der Waals surface area contributed by atoms with Crippen molar-refractivity contribution >= 4 is 44.9 Å². The fourth-order valence-electron chi connectivity index (χ4n) is 2.53. The molecule has 0 aliphatic rings. The van der Waals surface area contributed by atoms with Crippen molar-refractivity contribution < 1.29 is 14.9 Å². The van der Waals surface area contributed by atoms with Crippen LogP contribution in [0.15, 0.2) is 51.7 Å². The summed E-state index contributed by atoms with van der Waals surface area (Å²) in [5.41, 5.74) is 0.950. The molecule has 0 radical (unpaired) electrons. The monoisotopic (exact) mass is 424 g/mol. The highest BCUT2D eigenvalue weighted by Gasteiger charge is 2.08. The topological polar surface area (TPSA) is 65.8 Å². The van der Waals surface area contributed by atoms with Gasteiger partial charge in [0.05, 0.1) is 23.4 Å². The molecule has 0 amide bonds. The summed E-state index contributed by atoms with van der Waals surface area (Å²) in [6.45, 7) is 2.35. The normalized spacial score (nSPS) is 11.4. The molecule has 3 aromatic rings. The average Bonchev–Trinajstić information content (AvgIpc) is 3.05. The van der Waals surface area contributed by atoms with Crippen molar-refractivity contribution in [2.75, 3.05) is 39.5 Å². The highest BCUT2D eigenvalue weighted by molar-refractivity contribution is 8.01. The van der Waals surface area contributed by atoms with Crippen molar-refractivity contribution in [2.24, 2.45) is 0 Å². The maximum absolute atomic E-state index is 9.04. The van der Waals surface area contributed by atoms with Gasteiger partial charge in [-0.1, -0.05) is 23.4 Å². The second kappa shape index (κ2) is 10.3. The van der Waals surface area contributed by atoms with Crippen LogP contribution in [0.2, 0.25) is 5.02 Å². The van der Waals surface area contributed by atoms with E-state index in [0.29, 0.717) is 26.2 Å². The van der Waals surface area contributed by atoms with Crippen molar-refractivity contribution in [1.29, 1.82) is 0 Å². The highest BCUT2D eigenvalue weighted by Crippen LogP contribution is 2.36. The molecule has 0 atom stereocenters. The summed E-state index contributed by atoms with van der Waals surface area (Å²) in [7, 11) is 0. The lowest BCUT2D eigenvalue weighted by Gasteiger charge is -2.20. The molecule has 1 heterocycles. The van der Waals surface area contributed by atoms with E-state index in [0.717, 1.165) is 30.2 Å². The van der Waals surface area contributed by atoms with Crippen LogP contribution in [0.25, 0.3) is 10.2 Å². The second-order valence-electron chi connectivity index (χ2n) is 5.80. The molecule has 0 unspecified atom stereocenters. The zero-order chi connectivity index (χ0) is 19.1. The molecule has 0 aliphatic heterocycles. The summed E-state index contributed by atoms with van der Waals surface area (Å²) in [5, 5.41) is 18.8. The number of hydrogen-bond donors (Lipinski definition) is 2. The molecular formula is C19H21ClN2O3S2. The van der Waals surface area contributed by atoms with Gasteiger partial charge in [0.25, 0.3) is 0 Å². The van der Waals surface area contributed by atoms with Gasteiger partial charge >= 0.3 is 0 Å². The number of aromatic nitrogens is 1. The van der Waals surface area contributed by atoms with E-state index >= 15 is 0 Å². The van der Waals surface area contributed by atoms with E-state index in [9.17, 15) is 0 Å². The summed E-state index contributed by atoms with van der Waals surface area (Å²) in [4.78, 5) is 7.72. The number of halogens is 1. The Morgan fingerprint density at radius 3 is 2.48 bits per heavy atom. The first kappa shape index (κ1) is 20.4. The summed E-state index contributed by atoms with van der Waals surface area (Å²) in [5.74, 6) is 0.794. The third-order valence-electron chi connectivity index (χ3n) is 3.87. The molecule has 1 aromatic heterocycles. The third kappa shape index (κ3) is 6.07. The summed E-state index contributed by atoms with van der Waals surface area (Å²) < 4.78 is 7.88. The van der Waals surface area contributed by atoms with Crippen molar-refractivity contribution in [1.82, 2.24) is 9.88 Å². The molecule has 0 saturated heterocycles. The molecule has 144 valence electrons. The first-order valence-corrected chi connectivity index (χ1v) is 10.6. The number of hydrogen-bond acceptors (Lipinski definition) is 7. The zero-order valence-electron chi connectivity index (χ0n) is 14.7. The molecule has 3 rings (SSSR count). The molecule has 0 fully saturated rings. The number of fused-ring (bicyclic) bond motifs is 1. The van der Waals surface area contributed by atoms with Gasteiger partial charge in [-0.3, -0.25) is 4.90 Å². The number of benzene rings is 2. The largest absolute Gasteiger partial charge is 0.492 e. The molecule has 2 aromatic carbocycles. The number of rotatable bonds is 10. The third-order valence-corrected chi connectivity index (χ3v) is 6.21. The van der Waals surface area contributed by atoms with E-state index < -0.39 is 0 Å². The first-order chi connectivity index (χ1) is 13.2. The van der Waals surface area contributed by atoms with Crippen molar-refractivity contribution in [3.05, 3.63) is 47.5 Å². The molecule has 8 heteroatoms. The highest BCUT2D eigenvalue weighted by atomic mass is 35.5. The van der Waals surface area contributed by atoms with Crippen molar-refractivity contribution in [2.45, 2.75) is 9.24 Å². The Hall–Kier alpha value is -1.35. The molecule has 2 N–H and O–H groups in total. The first-order valence-electron chi connectivity index (χ1n) is 8.59. The van der Waals surface area contributed by atoms with E-state index in [1.54, 1.807) is 23.1 Å². The second-order valence-corrected chi connectivity index (χ2v) is 8.59. The predicted molar refractivity (Wildman–Crippen MR) is 111 cm³/mol. The summed E-state index contributed by atoms with van der Waals surface area (Å²) in [6.07, 6.45) is 0. The van der Waals surface area contributed by atoms with E-state index in [2.05, 4.69) is 4.98 Å². The van der Waals surface area contributed by atoms with E-state index in [-0.39, 0.29) is 13.2 Å². The van der Waals surface area contributed by atoms with Gasteiger partial charge in [0, 0.05) is 29.6 Å². The number of thiazole rings is 1. The van der Waals surface area contributed by atoms with Gasteiger partial charge in [-0.15, -0.1) is 11.3 Å². The standard InChI is InChI=1S/C19H21ClN2O3S2/c20-14-1-4-16(5-2-14)26-19-21-17-6-3-15(13-18(17)27-19)25-12-9-22(7-10-23)8-11-24/h1-6,13,23-24H,7-12H2. The number of ether oxygens (including phenoxy) is 1. The fraction of sp³-hybridized carbons (Fsp3) is 0.316. The Morgan fingerprint density at radius 1 is 1.04 bits per heavy atom. The van der Waals surface area contributed by atoms with E-state index in [1.165, 1.54) is 0 Å². The van der Waals surface area contributed by atoms with Crippen molar-refractivity contribution in [3.63, 3.8) is 0 Å². The van der Waals surface area contributed by atoms with Crippen LogP contribution in [0.4, 0.5) is 0 Å². The number of aliphatic hydroxyl groups excluding tert-OH is 2. The van der Waals surface area contributed by atoms with Gasteiger partial charge in [-0.05, 0) is 42.5 Å². The van der Waals surface area contributed by atoms with E-state index in [4.69, 9.17) is 26.6 Å². The molecule has 0 aliphatic carbocycles. The molecule has 0 bridgehead atoms. The number of aliphatic hydroxyl groups is 2. The van der Waals surface area contributed by atoms with Crippen LogP contribution in [0.1, 0.15) is 0 Å². The molecule has 27 heavy (non-hydrogen) atoms. The van der Waals surface area contributed by atoms with Crippen LogP contribution in [-0.4, -0.2) is 59.6 Å². The van der Waals surface area contributed by atoms with Gasteiger partial charge < -0.3 is 14.9 Å². The summed E-state index contributed by atoms with van der Waals surface area (Å²) in [6, 6.07) is 13.6. The van der Waals surface area contributed by atoms with Crippen LogP contribution in [0.3, 0.4) is 0 Å². The van der Waals surface area contributed by atoms with E-state index in [1.807, 2.05) is 47.4 Å². The van der Waals surface area contributed by atoms with Crippen LogP contribution in [0, 0.1) is 0 Å². The smallest absolute Gasteiger partial charge is 0.155 e. The van der Waals surface area contributed by atoms with Gasteiger partial charge in [0.1, 0.15) is 12.4 Å². The minimum atomic E-state index is 0.0703. The zero-order valence-corrected chi connectivity index (χ0v) is 17.1. The van der Waals surface area contributed by atoms with Crippen LogP contribution >= 0.6 is 34.7 Å². The summed E-state index contributed by atoms with van der Waals surface area (Å²) >= 11 is 9.17. The Labute approximate surface area is 171 Å². The Morgan fingerprint density at radius 2 is 1.78 bits per heavy atom. The van der Waals surface area contributed by atoms with Crippen LogP contribution in [0.5, 0.6) is 5.75 Å². The molecule has 0 saturated carbocycles.